The molecule has 3 aromatic rings. The minimum atomic E-state index is -1.11. The Labute approximate surface area is 156 Å². The Morgan fingerprint density at radius 2 is 2.04 bits per heavy atom. The summed E-state index contributed by atoms with van der Waals surface area (Å²) in [5.74, 6) is -1.11. The van der Waals surface area contributed by atoms with Crippen LogP contribution in [-0.2, 0) is 24.8 Å². The van der Waals surface area contributed by atoms with Crippen molar-refractivity contribution in [1.82, 2.24) is 14.3 Å². The van der Waals surface area contributed by atoms with E-state index in [0.717, 1.165) is 21.1 Å². The Balaban J connectivity index is 2.27. The van der Waals surface area contributed by atoms with E-state index in [1.165, 1.54) is 6.08 Å². The van der Waals surface area contributed by atoms with Gasteiger partial charge >= 0.3 is 5.97 Å². The van der Waals surface area contributed by atoms with Crippen LogP contribution in [0.2, 0.25) is 0 Å². The van der Waals surface area contributed by atoms with Crippen molar-refractivity contribution in [1.29, 1.82) is 0 Å². The Hall–Kier alpha value is -3.41. The van der Waals surface area contributed by atoms with Crippen LogP contribution in [0.5, 0.6) is 0 Å². The van der Waals surface area contributed by atoms with Gasteiger partial charge in [0.2, 0.25) is 0 Å². The summed E-state index contributed by atoms with van der Waals surface area (Å²) in [7, 11) is 1.98. The zero-order valence-corrected chi connectivity index (χ0v) is 15.3. The number of aliphatic carboxylic acids is 1. The summed E-state index contributed by atoms with van der Waals surface area (Å²) in [5.41, 5.74) is 2.38. The topological polar surface area (TPSA) is 77.1 Å². The Kier molecular flexibility index (Phi) is 5.07. The SMILES string of the molecule is C=C/C=c1/c(=O)n(CC(=O)O)nc(Cc2cn(C)c3ccccc23)/c1=C/C. The van der Waals surface area contributed by atoms with Crippen molar-refractivity contribution in [2.24, 2.45) is 7.05 Å². The van der Waals surface area contributed by atoms with Gasteiger partial charge in [-0.05, 0) is 24.6 Å². The molecule has 0 saturated heterocycles. The number of benzene rings is 1. The highest BCUT2D eigenvalue weighted by Gasteiger charge is 2.13. The van der Waals surface area contributed by atoms with E-state index in [-0.39, 0.29) is 0 Å². The number of allylic oxidation sites excluding steroid dienone is 1. The second kappa shape index (κ2) is 7.45. The third-order valence-corrected chi connectivity index (χ3v) is 4.50. The highest BCUT2D eigenvalue weighted by Crippen LogP contribution is 2.21. The summed E-state index contributed by atoms with van der Waals surface area (Å²) in [6, 6.07) is 8.06. The average molecular weight is 363 g/mol. The molecule has 138 valence electrons. The lowest BCUT2D eigenvalue weighted by molar-refractivity contribution is -0.138. The Bertz CT molecular complexity index is 1220. The largest absolute Gasteiger partial charge is 0.480 e. The Morgan fingerprint density at radius 1 is 1.30 bits per heavy atom. The van der Waals surface area contributed by atoms with Gasteiger partial charge in [0.05, 0.1) is 10.9 Å². The van der Waals surface area contributed by atoms with Gasteiger partial charge in [-0.2, -0.15) is 5.10 Å². The number of rotatable bonds is 5. The standard InChI is InChI=1S/C21H21N3O3/c1-4-8-17-15(5-2)18(22-24(21(17)27)13-20(25)26)11-14-12-23(3)19-10-7-6-9-16(14)19/h4-10,12H,1,11,13H2,2-3H3,(H,25,26)/b15-5+,17-8+. The van der Waals surface area contributed by atoms with Crippen molar-refractivity contribution in [3.05, 3.63) is 75.2 Å². The number of carboxylic acid groups (broad SMARTS) is 1. The molecule has 0 bridgehead atoms. The molecule has 6 nitrogen and oxygen atoms in total. The van der Waals surface area contributed by atoms with Crippen LogP contribution in [0.4, 0.5) is 0 Å². The summed E-state index contributed by atoms with van der Waals surface area (Å²) in [6.45, 7) is 5.02. The third kappa shape index (κ3) is 3.46. The normalized spacial score (nSPS) is 12.7. The van der Waals surface area contributed by atoms with E-state index in [2.05, 4.69) is 11.7 Å². The van der Waals surface area contributed by atoms with Crippen LogP contribution in [0.3, 0.4) is 0 Å². The fraction of sp³-hybridized carbons (Fsp3) is 0.190. The van der Waals surface area contributed by atoms with Crippen molar-refractivity contribution in [3.63, 3.8) is 0 Å². The summed E-state index contributed by atoms with van der Waals surface area (Å²) in [6.07, 6.45) is 7.48. The van der Waals surface area contributed by atoms with E-state index < -0.39 is 18.1 Å². The fourth-order valence-electron chi connectivity index (χ4n) is 3.37. The number of carbonyl (C=O) groups is 1. The first-order chi connectivity index (χ1) is 13.0. The molecule has 27 heavy (non-hydrogen) atoms. The number of nitrogens with zero attached hydrogens (tertiary/aromatic N) is 3. The molecule has 2 aromatic heterocycles. The molecule has 0 spiro atoms. The average Bonchev–Trinajstić information content (AvgIpc) is 2.95. The first kappa shape index (κ1) is 18.4. The molecular formula is C21H21N3O3. The molecule has 1 aromatic carbocycles. The van der Waals surface area contributed by atoms with Gasteiger partial charge in [0.1, 0.15) is 6.54 Å². The number of para-hydroxylation sites is 1. The maximum absolute atomic E-state index is 12.6. The molecule has 3 rings (SSSR count). The zero-order chi connectivity index (χ0) is 19.6. The third-order valence-electron chi connectivity index (χ3n) is 4.50. The van der Waals surface area contributed by atoms with Crippen LogP contribution in [-0.4, -0.2) is 25.4 Å². The van der Waals surface area contributed by atoms with Gasteiger partial charge in [0.25, 0.3) is 5.56 Å². The molecule has 0 aliphatic heterocycles. The van der Waals surface area contributed by atoms with Gasteiger partial charge < -0.3 is 9.67 Å². The fourth-order valence-corrected chi connectivity index (χ4v) is 3.37. The molecule has 2 heterocycles. The number of hydrogen-bond acceptors (Lipinski definition) is 3. The van der Waals surface area contributed by atoms with Gasteiger partial charge in [-0.25, -0.2) is 4.68 Å². The monoisotopic (exact) mass is 363 g/mol. The molecule has 6 heteroatoms. The molecule has 1 N–H and O–H groups in total. The van der Waals surface area contributed by atoms with E-state index in [9.17, 15) is 9.59 Å². The number of hydrogen-bond donors (Lipinski definition) is 1. The predicted molar refractivity (Wildman–Crippen MR) is 106 cm³/mol. The van der Waals surface area contributed by atoms with Crippen LogP contribution in [0, 0.1) is 0 Å². The Morgan fingerprint density at radius 3 is 2.70 bits per heavy atom. The summed E-state index contributed by atoms with van der Waals surface area (Å²) in [4.78, 5) is 23.8. The smallest absolute Gasteiger partial charge is 0.325 e. The van der Waals surface area contributed by atoms with Crippen molar-refractivity contribution < 1.29 is 9.90 Å². The van der Waals surface area contributed by atoms with Gasteiger partial charge in [-0.3, -0.25) is 9.59 Å². The van der Waals surface area contributed by atoms with Crippen LogP contribution >= 0.6 is 0 Å². The summed E-state index contributed by atoms with van der Waals surface area (Å²) >= 11 is 0. The van der Waals surface area contributed by atoms with Gasteiger partial charge in [-0.1, -0.05) is 36.9 Å². The second-order valence-corrected chi connectivity index (χ2v) is 6.28. The lowest BCUT2D eigenvalue weighted by atomic mass is 10.1. The van der Waals surface area contributed by atoms with E-state index >= 15 is 0 Å². The van der Waals surface area contributed by atoms with Crippen molar-refractivity contribution in [2.75, 3.05) is 0 Å². The zero-order valence-electron chi connectivity index (χ0n) is 15.3. The molecule has 0 amide bonds. The number of carboxylic acids is 1. The lowest BCUT2D eigenvalue weighted by Gasteiger charge is -2.07. The van der Waals surface area contributed by atoms with E-state index in [1.54, 1.807) is 6.08 Å². The minimum Gasteiger partial charge on any atom is -0.480 e. The molecule has 0 atom stereocenters. The molecule has 0 radical (unpaired) electrons. The predicted octanol–water partition coefficient (Wildman–Crippen LogP) is 1.18. The lowest BCUT2D eigenvalue weighted by Crippen LogP contribution is -2.49. The summed E-state index contributed by atoms with van der Waals surface area (Å²) < 4.78 is 3.05. The highest BCUT2D eigenvalue weighted by atomic mass is 16.4. The van der Waals surface area contributed by atoms with Gasteiger partial charge in [0, 0.05) is 35.8 Å². The van der Waals surface area contributed by atoms with Crippen molar-refractivity contribution in [3.8, 4) is 0 Å². The molecule has 0 aliphatic rings. The first-order valence-corrected chi connectivity index (χ1v) is 8.60. The highest BCUT2D eigenvalue weighted by molar-refractivity contribution is 5.84. The second-order valence-electron chi connectivity index (χ2n) is 6.28. The molecule has 0 fully saturated rings. The number of aryl methyl sites for hydroxylation is 1. The first-order valence-electron chi connectivity index (χ1n) is 8.60. The van der Waals surface area contributed by atoms with Gasteiger partial charge in [0.15, 0.2) is 0 Å². The maximum atomic E-state index is 12.6. The molecular weight excluding hydrogens is 342 g/mol. The van der Waals surface area contributed by atoms with Crippen LogP contribution in [0.15, 0.2) is 47.9 Å². The van der Waals surface area contributed by atoms with Crippen molar-refractivity contribution >= 4 is 29.0 Å². The van der Waals surface area contributed by atoms with Crippen LogP contribution < -0.4 is 16.0 Å². The van der Waals surface area contributed by atoms with Crippen LogP contribution in [0.1, 0.15) is 18.2 Å². The molecule has 0 saturated carbocycles. The maximum Gasteiger partial charge on any atom is 0.325 e. The molecule has 0 aliphatic carbocycles. The quantitative estimate of drug-likeness (QED) is 0.738. The number of aromatic nitrogens is 3. The number of fused-ring (bicyclic) bond motifs is 1. The van der Waals surface area contributed by atoms with E-state index in [0.29, 0.717) is 22.6 Å². The van der Waals surface area contributed by atoms with Crippen LogP contribution in [0.25, 0.3) is 23.1 Å². The van der Waals surface area contributed by atoms with Crippen molar-refractivity contribution in [2.45, 2.75) is 19.9 Å². The molecule has 0 unspecified atom stereocenters. The summed E-state index contributed by atoms with van der Waals surface area (Å²) in [5, 5.41) is 15.7. The van der Waals surface area contributed by atoms with Gasteiger partial charge in [-0.15, -0.1) is 0 Å². The van der Waals surface area contributed by atoms with E-state index in [1.807, 2.05) is 55.1 Å². The minimum absolute atomic E-state index is 0.402. The van der Waals surface area contributed by atoms with E-state index in [4.69, 9.17) is 5.11 Å².